The average molecular weight is 256 g/mol. The molecule has 0 unspecified atom stereocenters. The van der Waals surface area contributed by atoms with Crippen LogP contribution in [0, 0.1) is 13.8 Å². The van der Waals surface area contributed by atoms with E-state index in [1.54, 1.807) is 0 Å². The van der Waals surface area contributed by atoms with Gasteiger partial charge in [-0.05, 0) is 30.5 Å². The summed E-state index contributed by atoms with van der Waals surface area (Å²) in [4.78, 5) is 0. The van der Waals surface area contributed by atoms with Gasteiger partial charge in [-0.15, -0.1) is 0 Å². The van der Waals surface area contributed by atoms with Crippen molar-refractivity contribution in [3.05, 3.63) is 33.3 Å². The van der Waals surface area contributed by atoms with Crippen molar-refractivity contribution in [2.45, 2.75) is 40.3 Å². The first-order valence-corrected chi connectivity index (χ1v) is 5.79. The molecular weight excluding hydrogens is 238 g/mol. The van der Waals surface area contributed by atoms with E-state index in [9.17, 15) is 0 Å². The van der Waals surface area contributed by atoms with Crippen LogP contribution in [0.2, 0.25) is 0 Å². The van der Waals surface area contributed by atoms with Crippen molar-refractivity contribution < 1.29 is 0 Å². The number of nitrogens with one attached hydrogen (secondary N) is 1. The van der Waals surface area contributed by atoms with Crippen LogP contribution in [-0.2, 0) is 6.54 Å². The van der Waals surface area contributed by atoms with Gasteiger partial charge in [0.2, 0.25) is 0 Å². The number of halogens is 1. The first-order chi connectivity index (χ1) is 6.50. The summed E-state index contributed by atoms with van der Waals surface area (Å²) in [6.45, 7) is 9.55. The molecule has 0 bridgehead atoms. The van der Waals surface area contributed by atoms with Crippen molar-refractivity contribution in [2.75, 3.05) is 0 Å². The molecule has 0 amide bonds. The Bertz CT molecular complexity index is 295. The number of rotatable bonds is 3. The minimum absolute atomic E-state index is 0.541. The van der Waals surface area contributed by atoms with Crippen LogP contribution in [0.5, 0.6) is 0 Å². The quantitative estimate of drug-likeness (QED) is 0.871. The fourth-order valence-corrected chi connectivity index (χ4v) is 1.69. The van der Waals surface area contributed by atoms with E-state index >= 15 is 0 Å². The molecule has 78 valence electrons. The van der Waals surface area contributed by atoms with Crippen LogP contribution in [0.3, 0.4) is 0 Å². The minimum atomic E-state index is 0.541. The van der Waals surface area contributed by atoms with Crippen LogP contribution in [-0.4, -0.2) is 6.04 Å². The van der Waals surface area contributed by atoms with Crippen LogP contribution < -0.4 is 5.32 Å². The van der Waals surface area contributed by atoms with Crippen molar-refractivity contribution in [1.29, 1.82) is 0 Å². The van der Waals surface area contributed by atoms with E-state index in [4.69, 9.17) is 0 Å². The zero-order chi connectivity index (χ0) is 10.7. The molecule has 0 saturated heterocycles. The molecule has 0 atom stereocenters. The summed E-state index contributed by atoms with van der Waals surface area (Å²) in [5, 5.41) is 3.42. The SMILES string of the molecule is Cc1cc(CNC(C)C)cc(C)c1Br. The van der Waals surface area contributed by atoms with Crippen LogP contribution >= 0.6 is 15.9 Å². The Kier molecular flexibility index (Phi) is 4.14. The molecule has 1 N–H and O–H groups in total. The third-order valence-electron chi connectivity index (χ3n) is 2.21. The molecular formula is C12H18BrN. The number of hydrogen-bond acceptors (Lipinski definition) is 1. The Morgan fingerprint density at radius 1 is 1.21 bits per heavy atom. The lowest BCUT2D eigenvalue weighted by molar-refractivity contribution is 0.588. The van der Waals surface area contributed by atoms with Crippen LogP contribution in [0.1, 0.15) is 30.5 Å². The first-order valence-electron chi connectivity index (χ1n) is 4.99. The Balaban J connectivity index is 2.79. The van der Waals surface area contributed by atoms with Crippen LogP contribution in [0.15, 0.2) is 16.6 Å². The monoisotopic (exact) mass is 255 g/mol. The summed E-state index contributed by atoms with van der Waals surface area (Å²) in [5.41, 5.74) is 3.98. The second kappa shape index (κ2) is 4.94. The Morgan fingerprint density at radius 2 is 1.71 bits per heavy atom. The van der Waals surface area contributed by atoms with Gasteiger partial charge >= 0.3 is 0 Å². The van der Waals surface area contributed by atoms with Crippen LogP contribution in [0.4, 0.5) is 0 Å². The highest BCUT2D eigenvalue weighted by Crippen LogP contribution is 2.22. The minimum Gasteiger partial charge on any atom is -0.310 e. The van der Waals surface area contributed by atoms with Gasteiger partial charge in [0.15, 0.2) is 0 Å². The maximum Gasteiger partial charge on any atom is 0.0233 e. The molecule has 1 aromatic rings. The number of hydrogen-bond donors (Lipinski definition) is 1. The maximum absolute atomic E-state index is 3.57. The molecule has 1 nitrogen and oxygen atoms in total. The van der Waals surface area contributed by atoms with Crippen molar-refractivity contribution in [2.24, 2.45) is 0 Å². The highest BCUT2D eigenvalue weighted by atomic mass is 79.9. The molecule has 2 heteroatoms. The van der Waals surface area contributed by atoms with E-state index in [1.807, 2.05) is 0 Å². The van der Waals surface area contributed by atoms with Gasteiger partial charge in [0.25, 0.3) is 0 Å². The van der Waals surface area contributed by atoms with Crippen molar-refractivity contribution in [3.8, 4) is 0 Å². The molecule has 0 aliphatic carbocycles. The second-order valence-corrected chi connectivity index (χ2v) is 4.87. The van der Waals surface area contributed by atoms with Crippen molar-refractivity contribution >= 4 is 15.9 Å². The Hall–Kier alpha value is -0.340. The van der Waals surface area contributed by atoms with E-state index in [-0.39, 0.29) is 0 Å². The van der Waals surface area contributed by atoms with E-state index in [1.165, 1.54) is 21.2 Å². The van der Waals surface area contributed by atoms with Crippen LogP contribution in [0.25, 0.3) is 0 Å². The lowest BCUT2D eigenvalue weighted by Crippen LogP contribution is -2.21. The fourth-order valence-electron chi connectivity index (χ4n) is 1.46. The van der Waals surface area contributed by atoms with Crippen molar-refractivity contribution in [3.63, 3.8) is 0 Å². The Labute approximate surface area is 95.0 Å². The summed E-state index contributed by atoms with van der Waals surface area (Å²) in [6, 6.07) is 5.00. The number of aryl methyl sites for hydroxylation is 2. The van der Waals surface area contributed by atoms with Gasteiger partial charge in [0.05, 0.1) is 0 Å². The summed E-state index contributed by atoms with van der Waals surface area (Å²) in [7, 11) is 0. The van der Waals surface area contributed by atoms with Gasteiger partial charge in [0.1, 0.15) is 0 Å². The molecule has 0 aromatic heterocycles. The highest BCUT2D eigenvalue weighted by molar-refractivity contribution is 9.10. The zero-order valence-electron chi connectivity index (χ0n) is 9.32. The predicted molar refractivity (Wildman–Crippen MR) is 65.6 cm³/mol. The molecule has 0 radical (unpaired) electrons. The Morgan fingerprint density at radius 3 is 2.14 bits per heavy atom. The van der Waals surface area contributed by atoms with E-state index in [2.05, 4.69) is 61.1 Å². The lowest BCUT2D eigenvalue weighted by atomic mass is 10.1. The smallest absolute Gasteiger partial charge is 0.0233 e. The molecule has 1 rings (SSSR count). The normalized spacial score (nSPS) is 11.0. The molecule has 1 aromatic carbocycles. The maximum atomic E-state index is 3.57. The third-order valence-corrected chi connectivity index (χ3v) is 3.46. The summed E-state index contributed by atoms with van der Waals surface area (Å²) >= 11 is 3.57. The predicted octanol–water partition coefficient (Wildman–Crippen LogP) is 3.56. The lowest BCUT2D eigenvalue weighted by Gasteiger charge is -2.11. The highest BCUT2D eigenvalue weighted by Gasteiger charge is 2.02. The van der Waals surface area contributed by atoms with E-state index in [0.717, 1.165) is 6.54 Å². The average Bonchev–Trinajstić information content (AvgIpc) is 2.10. The summed E-state index contributed by atoms with van der Waals surface area (Å²) in [6.07, 6.45) is 0. The third kappa shape index (κ3) is 3.10. The molecule has 14 heavy (non-hydrogen) atoms. The van der Waals surface area contributed by atoms with E-state index < -0.39 is 0 Å². The molecule has 0 fully saturated rings. The standard InChI is InChI=1S/C12H18BrN/c1-8(2)14-7-11-5-9(3)12(13)10(4)6-11/h5-6,8,14H,7H2,1-4H3. The second-order valence-electron chi connectivity index (χ2n) is 4.08. The first kappa shape index (κ1) is 11.7. The molecule has 0 aliphatic rings. The topological polar surface area (TPSA) is 12.0 Å². The van der Waals surface area contributed by atoms with Gasteiger partial charge in [-0.25, -0.2) is 0 Å². The fraction of sp³-hybridized carbons (Fsp3) is 0.500. The summed E-state index contributed by atoms with van der Waals surface area (Å²) < 4.78 is 1.23. The zero-order valence-corrected chi connectivity index (χ0v) is 10.9. The van der Waals surface area contributed by atoms with E-state index in [0.29, 0.717) is 6.04 Å². The summed E-state index contributed by atoms with van der Waals surface area (Å²) in [5.74, 6) is 0. The molecule has 0 heterocycles. The van der Waals surface area contributed by atoms with Gasteiger partial charge in [-0.1, -0.05) is 41.9 Å². The van der Waals surface area contributed by atoms with Gasteiger partial charge < -0.3 is 5.32 Å². The largest absolute Gasteiger partial charge is 0.310 e. The number of benzene rings is 1. The molecule has 0 aliphatic heterocycles. The molecule has 0 saturated carbocycles. The molecule has 0 spiro atoms. The van der Waals surface area contributed by atoms with Gasteiger partial charge in [-0.2, -0.15) is 0 Å². The van der Waals surface area contributed by atoms with Crippen molar-refractivity contribution in [1.82, 2.24) is 5.32 Å². The van der Waals surface area contributed by atoms with Gasteiger partial charge in [0, 0.05) is 17.1 Å². The van der Waals surface area contributed by atoms with Gasteiger partial charge in [-0.3, -0.25) is 0 Å².